The fraction of sp³-hybridized carbons (Fsp3) is 0.500. The zero-order valence-electron chi connectivity index (χ0n) is 24.3. The Balaban J connectivity index is 1.58. The van der Waals surface area contributed by atoms with E-state index < -0.39 is 65.6 Å². The Morgan fingerprint density at radius 2 is 1.52 bits per heavy atom. The molecule has 2 fully saturated rings. The Morgan fingerprint density at radius 3 is 2.09 bits per heavy atom. The second-order valence-electron chi connectivity index (χ2n) is 11.3. The van der Waals surface area contributed by atoms with Crippen molar-refractivity contribution in [3.63, 3.8) is 0 Å². The van der Waals surface area contributed by atoms with Crippen LogP contribution in [-0.2, 0) is 33.2 Å². The molecule has 0 spiro atoms. The van der Waals surface area contributed by atoms with E-state index in [1.165, 1.54) is 37.3 Å². The van der Waals surface area contributed by atoms with Crippen molar-refractivity contribution in [3.05, 3.63) is 70.0 Å². The third-order valence-corrected chi connectivity index (χ3v) is 8.29. The number of nitrogens with zero attached hydrogens (tertiary/aromatic N) is 3. The van der Waals surface area contributed by atoms with E-state index in [-0.39, 0.29) is 43.6 Å². The molecule has 2 aromatic rings. The second-order valence-corrected chi connectivity index (χ2v) is 11.3. The number of aryl methyl sites for hydroxylation is 1. The number of hydrogen-bond acceptors (Lipinski definition) is 4. The van der Waals surface area contributed by atoms with Crippen molar-refractivity contribution < 1.29 is 49.9 Å². The lowest BCUT2D eigenvalue weighted by Crippen LogP contribution is -2.49. The third kappa shape index (κ3) is 7.27. The van der Waals surface area contributed by atoms with Crippen LogP contribution in [0.2, 0.25) is 0 Å². The van der Waals surface area contributed by atoms with E-state index in [9.17, 15) is 45.1 Å². The van der Waals surface area contributed by atoms with Crippen molar-refractivity contribution in [2.75, 3.05) is 40.3 Å². The smallest absolute Gasteiger partial charge is 0.416 e. The largest absolute Gasteiger partial charge is 0.453 e. The summed E-state index contributed by atoms with van der Waals surface area (Å²) in [6.45, 7) is 1.88. The summed E-state index contributed by atoms with van der Waals surface area (Å²) in [7, 11) is 2.54. The van der Waals surface area contributed by atoms with Gasteiger partial charge in [-0.3, -0.25) is 9.59 Å². The second kappa shape index (κ2) is 12.6. The number of likely N-dealkylation sites (tertiary alicyclic amines) is 2. The Bertz CT molecular complexity index is 1380. The van der Waals surface area contributed by atoms with Gasteiger partial charge in [-0.1, -0.05) is 6.07 Å². The van der Waals surface area contributed by atoms with Gasteiger partial charge in [0.05, 0.1) is 24.2 Å². The third-order valence-electron chi connectivity index (χ3n) is 8.29. The highest BCUT2D eigenvalue weighted by atomic mass is 19.4. The van der Waals surface area contributed by atoms with Crippen LogP contribution < -0.4 is 0 Å². The summed E-state index contributed by atoms with van der Waals surface area (Å²) >= 11 is 0. The standard InChI is InChI=1S/C30H32F7N3O4/c1-17-10-22(31)4-5-23(17)25-16-39(26(41)19-6-8-40(15-19)28(43)44-3)9-7-24(25)27(42)38(2)14-18-11-20(29(32,33)34)13-21(12-18)30(35,36)37/h4-5,10-13,19,24-25H,6-9,14-16H2,1-3H3/t19?,24-,25+/m1/s1. The predicted octanol–water partition coefficient (Wildman–Crippen LogP) is 5.85. The first-order valence-corrected chi connectivity index (χ1v) is 13.9. The topological polar surface area (TPSA) is 70.2 Å². The molecular weight excluding hydrogens is 599 g/mol. The van der Waals surface area contributed by atoms with Gasteiger partial charge in [0.25, 0.3) is 0 Å². The molecule has 44 heavy (non-hydrogen) atoms. The van der Waals surface area contributed by atoms with Crippen molar-refractivity contribution in [1.29, 1.82) is 0 Å². The first-order valence-electron chi connectivity index (χ1n) is 13.9. The van der Waals surface area contributed by atoms with E-state index in [2.05, 4.69) is 0 Å². The first-order chi connectivity index (χ1) is 20.5. The lowest BCUT2D eigenvalue weighted by molar-refractivity contribution is -0.143. The number of carbonyl (C=O) groups is 3. The maximum Gasteiger partial charge on any atom is 0.416 e. The summed E-state index contributed by atoms with van der Waals surface area (Å²) in [5, 5.41) is 0. The molecule has 0 aliphatic carbocycles. The molecule has 0 bridgehead atoms. The number of benzene rings is 2. The van der Waals surface area contributed by atoms with E-state index in [4.69, 9.17) is 4.74 Å². The van der Waals surface area contributed by atoms with E-state index in [0.717, 1.165) is 4.90 Å². The molecule has 2 aliphatic rings. The van der Waals surface area contributed by atoms with Crippen LogP contribution in [0.3, 0.4) is 0 Å². The number of halogens is 7. The molecule has 3 amide bonds. The van der Waals surface area contributed by atoms with Crippen LogP contribution in [0.4, 0.5) is 35.5 Å². The van der Waals surface area contributed by atoms with Crippen LogP contribution in [0.5, 0.6) is 0 Å². The van der Waals surface area contributed by atoms with Gasteiger partial charge in [0.15, 0.2) is 0 Å². The highest BCUT2D eigenvalue weighted by Crippen LogP contribution is 2.39. The molecule has 2 saturated heterocycles. The van der Waals surface area contributed by atoms with Gasteiger partial charge in [0, 0.05) is 51.6 Å². The van der Waals surface area contributed by atoms with Crippen molar-refractivity contribution in [2.45, 2.75) is 44.6 Å². The molecule has 0 N–H and O–H groups in total. The quantitative estimate of drug-likeness (QED) is 0.389. The molecule has 240 valence electrons. The average Bonchev–Trinajstić information content (AvgIpc) is 3.45. The number of methoxy groups -OCH3 is 1. The van der Waals surface area contributed by atoms with Crippen molar-refractivity contribution in [3.8, 4) is 0 Å². The summed E-state index contributed by atoms with van der Waals surface area (Å²) in [4.78, 5) is 43.2. The van der Waals surface area contributed by atoms with Gasteiger partial charge >= 0.3 is 18.4 Å². The summed E-state index contributed by atoms with van der Waals surface area (Å²) < 4.78 is 99.0. The van der Waals surface area contributed by atoms with E-state index >= 15 is 0 Å². The van der Waals surface area contributed by atoms with Crippen LogP contribution >= 0.6 is 0 Å². The molecule has 3 atom stereocenters. The number of piperidine rings is 1. The van der Waals surface area contributed by atoms with Gasteiger partial charge in [-0.15, -0.1) is 0 Å². The molecule has 0 saturated carbocycles. The molecule has 7 nitrogen and oxygen atoms in total. The fourth-order valence-corrected chi connectivity index (χ4v) is 6.08. The lowest BCUT2D eigenvalue weighted by atomic mass is 9.78. The molecule has 14 heteroatoms. The van der Waals surface area contributed by atoms with E-state index in [1.807, 2.05) is 0 Å². The molecule has 0 aromatic heterocycles. The van der Waals surface area contributed by atoms with Crippen LogP contribution in [0.1, 0.15) is 46.6 Å². The minimum absolute atomic E-state index is 0.0279. The summed E-state index contributed by atoms with van der Waals surface area (Å²) in [6.07, 6.45) is -10.0. The van der Waals surface area contributed by atoms with E-state index in [0.29, 0.717) is 36.2 Å². The fourth-order valence-electron chi connectivity index (χ4n) is 6.08. The van der Waals surface area contributed by atoms with Crippen molar-refractivity contribution in [1.82, 2.24) is 14.7 Å². The van der Waals surface area contributed by atoms with Gasteiger partial charge in [-0.05, 0) is 66.8 Å². The SMILES string of the molecule is COC(=O)N1CCC(C(=O)N2CC[C@@H](C(=O)N(C)Cc3cc(C(F)(F)F)cc(C(F)(F)F)c3)[C@H](c3ccc(F)cc3C)C2)C1. The van der Waals surface area contributed by atoms with Crippen LogP contribution in [0, 0.1) is 24.6 Å². The maximum absolute atomic E-state index is 14.0. The minimum atomic E-state index is -5.03. The zero-order chi connectivity index (χ0) is 32.6. The van der Waals surface area contributed by atoms with Crippen molar-refractivity contribution >= 4 is 17.9 Å². The summed E-state index contributed by atoms with van der Waals surface area (Å²) in [6, 6.07) is 5.22. The van der Waals surface area contributed by atoms with Crippen LogP contribution in [-0.4, -0.2) is 72.9 Å². The van der Waals surface area contributed by atoms with Gasteiger partial charge in [-0.2, -0.15) is 26.3 Å². The molecule has 1 unspecified atom stereocenters. The molecule has 0 radical (unpaired) electrons. The molecule has 2 aromatic carbocycles. The number of alkyl halides is 6. The van der Waals surface area contributed by atoms with E-state index in [1.54, 1.807) is 11.8 Å². The zero-order valence-corrected chi connectivity index (χ0v) is 24.3. The predicted molar refractivity (Wildman–Crippen MR) is 144 cm³/mol. The van der Waals surface area contributed by atoms with Gasteiger partial charge in [0.1, 0.15) is 5.82 Å². The Morgan fingerprint density at radius 1 is 0.909 bits per heavy atom. The first kappa shape index (κ1) is 33.1. The van der Waals surface area contributed by atoms with Crippen molar-refractivity contribution in [2.24, 2.45) is 11.8 Å². The average molecular weight is 632 g/mol. The highest BCUT2D eigenvalue weighted by molar-refractivity contribution is 5.83. The minimum Gasteiger partial charge on any atom is -0.453 e. The molecule has 4 rings (SSSR count). The van der Waals surface area contributed by atoms with Gasteiger partial charge in [0.2, 0.25) is 11.8 Å². The lowest BCUT2D eigenvalue weighted by Gasteiger charge is -2.41. The monoisotopic (exact) mass is 631 g/mol. The number of rotatable bonds is 5. The molecule has 2 aliphatic heterocycles. The maximum atomic E-state index is 14.0. The van der Waals surface area contributed by atoms with Gasteiger partial charge < -0.3 is 19.4 Å². The highest BCUT2D eigenvalue weighted by Gasteiger charge is 2.42. The normalized spacial score (nSPS) is 20.9. The Kier molecular flexibility index (Phi) is 9.50. The molecular formula is C30H32F7N3O4. The Hall–Kier alpha value is -3.84. The summed E-state index contributed by atoms with van der Waals surface area (Å²) in [5.74, 6) is -3.17. The number of carbonyl (C=O) groups excluding carboxylic acids is 3. The number of amides is 3. The molecule has 2 heterocycles. The van der Waals surface area contributed by atoms with Gasteiger partial charge in [-0.25, -0.2) is 9.18 Å². The van der Waals surface area contributed by atoms with Crippen LogP contribution in [0.25, 0.3) is 0 Å². The summed E-state index contributed by atoms with van der Waals surface area (Å²) in [5.41, 5.74) is -2.19. The van der Waals surface area contributed by atoms with Crippen LogP contribution in [0.15, 0.2) is 36.4 Å². The Labute approximate surface area is 249 Å². The number of hydrogen-bond donors (Lipinski definition) is 0. The number of ether oxygens (including phenoxy) is 1.